The molecule has 138 valence electrons. The summed E-state index contributed by atoms with van der Waals surface area (Å²) in [5, 5.41) is 11.8. The summed E-state index contributed by atoms with van der Waals surface area (Å²) >= 11 is 0. The average molecular weight is 353 g/mol. The van der Waals surface area contributed by atoms with E-state index < -0.39 is 6.09 Å². The van der Waals surface area contributed by atoms with Crippen molar-refractivity contribution in [3.8, 4) is 16.9 Å². The minimum Gasteiger partial charge on any atom is -0.488 e. The highest BCUT2D eigenvalue weighted by atomic mass is 16.5. The molecule has 0 saturated heterocycles. The van der Waals surface area contributed by atoms with Crippen LogP contribution in [0.4, 0.5) is 4.79 Å². The predicted octanol–water partition coefficient (Wildman–Crippen LogP) is 5.42. The molecule has 2 aromatic carbocycles. The van der Waals surface area contributed by atoms with Gasteiger partial charge in [-0.1, -0.05) is 44.2 Å². The number of carboxylic acid groups (broad SMARTS) is 1. The van der Waals surface area contributed by atoms with Crippen molar-refractivity contribution in [3.63, 3.8) is 0 Å². The summed E-state index contributed by atoms with van der Waals surface area (Å²) in [6.07, 6.45) is -0.124. The third kappa shape index (κ3) is 3.85. The zero-order valence-electron chi connectivity index (χ0n) is 16.1. The summed E-state index contributed by atoms with van der Waals surface area (Å²) in [6.45, 7) is 10.3. The molecule has 0 aliphatic heterocycles. The first-order valence-corrected chi connectivity index (χ1v) is 8.97. The Labute approximate surface area is 155 Å². The number of nitrogens with one attached hydrogen (secondary N) is 1. The van der Waals surface area contributed by atoms with Gasteiger partial charge in [0.25, 0.3) is 0 Å². The van der Waals surface area contributed by atoms with Crippen molar-refractivity contribution in [3.05, 3.63) is 53.6 Å². The molecule has 1 aliphatic carbocycles. The van der Waals surface area contributed by atoms with E-state index in [1.807, 2.05) is 32.9 Å². The Bertz CT molecular complexity index is 816. The normalized spacial score (nSPS) is 18.3. The van der Waals surface area contributed by atoms with E-state index >= 15 is 0 Å². The van der Waals surface area contributed by atoms with E-state index in [2.05, 4.69) is 49.5 Å². The van der Waals surface area contributed by atoms with Crippen molar-refractivity contribution in [1.82, 2.24) is 5.32 Å². The topological polar surface area (TPSA) is 58.6 Å². The van der Waals surface area contributed by atoms with Crippen LogP contribution in [0.5, 0.6) is 5.75 Å². The van der Waals surface area contributed by atoms with Crippen molar-refractivity contribution >= 4 is 6.09 Å². The fourth-order valence-electron chi connectivity index (χ4n) is 3.70. The fourth-order valence-corrected chi connectivity index (χ4v) is 3.70. The minimum atomic E-state index is -0.977. The Balaban J connectivity index is 1.87. The molecular formula is C22H27NO3. The van der Waals surface area contributed by atoms with Gasteiger partial charge >= 0.3 is 6.09 Å². The average Bonchev–Trinajstić information content (AvgIpc) is 2.75. The van der Waals surface area contributed by atoms with Crippen LogP contribution in [-0.2, 0) is 6.42 Å². The molecule has 0 fully saturated rings. The van der Waals surface area contributed by atoms with Crippen molar-refractivity contribution in [2.75, 3.05) is 0 Å². The van der Waals surface area contributed by atoms with Gasteiger partial charge in [0, 0.05) is 0 Å². The molecule has 0 heterocycles. The first-order valence-electron chi connectivity index (χ1n) is 8.97. The van der Waals surface area contributed by atoms with E-state index in [1.165, 1.54) is 5.56 Å². The summed E-state index contributed by atoms with van der Waals surface area (Å²) in [7, 11) is 0. The van der Waals surface area contributed by atoms with Gasteiger partial charge < -0.3 is 15.2 Å². The summed E-state index contributed by atoms with van der Waals surface area (Å²) < 4.78 is 5.88. The largest absolute Gasteiger partial charge is 0.488 e. The highest BCUT2D eigenvalue weighted by Gasteiger charge is 2.39. The van der Waals surface area contributed by atoms with Gasteiger partial charge in [0.05, 0.1) is 6.04 Å². The van der Waals surface area contributed by atoms with Gasteiger partial charge in [-0.3, -0.25) is 0 Å². The monoisotopic (exact) mass is 353 g/mol. The Morgan fingerprint density at radius 2 is 1.73 bits per heavy atom. The van der Waals surface area contributed by atoms with Crippen LogP contribution >= 0.6 is 0 Å². The molecule has 0 bridgehead atoms. The molecule has 4 nitrogen and oxygen atoms in total. The Kier molecular flexibility index (Phi) is 4.47. The summed E-state index contributed by atoms with van der Waals surface area (Å²) in [6, 6.07) is 14.2. The van der Waals surface area contributed by atoms with Crippen LogP contribution < -0.4 is 10.1 Å². The van der Waals surface area contributed by atoms with Crippen LogP contribution in [0.25, 0.3) is 11.1 Å². The lowest BCUT2D eigenvalue weighted by atomic mass is 9.85. The lowest BCUT2D eigenvalue weighted by molar-refractivity contribution is 0.131. The first-order chi connectivity index (χ1) is 12.0. The van der Waals surface area contributed by atoms with Gasteiger partial charge in [-0.15, -0.1) is 0 Å². The second-order valence-electron chi connectivity index (χ2n) is 8.70. The van der Waals surface area contributed by atoms with Gasteiger partial charge in [0.2, 0.25) is 0 Å². The van der Waals surface area contributed by atoms with E-state index in [1.54, 1.807) is 0 Å². The smallest absolute Gasteiger partial charge is 0.405 e. The molecule has 2 N–H and O–H groups in total. The molecule has 26 heavy (non-hydrogen) atoms. The van der Waals surface area contributed by atoms with E-state index in [9.17, 15) is 4.79 Å². The lowest BCUT2D eigenvalue weighted by Gasteiger charge is -2.27. The summed E-state index contributed by atoms with van der Waals surface area (Å²) in [4.78, 5) is 11.1. The molecule has 4 heteroatoms. The van der Waals surface area contributed by atoms with Crippen molar-refractivity contribution in [2.24, 2.45) is 5.41 Å². The molecule has 1 amide bonds. The number of fused-ring (bicyclic) bond motifs is 1. The van der Waals surface area contributed by atoms with E-state index in [4.69, 9.17) is 9.84 Å². The van der Waals surface area contributed by atoms with E-state index in [0.717, 1.165) is 28.9 Å². The van der Waals surface area contributed by atoms with E-state index in [-0.39, 0.29) is 17.1 Å². The minimum absolute atomic E-state index is 0.135. The molecule has 0 aromatic heterocycles. The number of ether oxygens (including phenoxy) is 1. The van der Waals surface area contributed by atoms with Crippen molar-refractivity contribution in [1.29, 1.82) is 0 Å². The van der Waals surface area contributed by atoms with Crippen LogP contribution in [0.3, 0.4) is 0 Å². The lowest BCUT2D eigenvalue weighted by Crippen LogP contribution is -2.34. The Morgan fingerprint density at radius 3 is 2.31 bits per heavy atom. The standard InChI is InChI=1S/C22H27NO3/c1-21(2,3)26-17-9-6-14(7-10-17)15-8-11-18-16(12-15)13-22(4,5)19(18)23-20(24)25/h6-12,19,23H,13H2,1-5H3,(H,24,25)/t19-/m0/s1. The van der Waals surface area contributed by atoms with Crippen LogP contribution in [0, 0.1) is 5.41 Å². The SMILES string of the molecule is CC(C)(C)Oc1ccc(-c2ccc3c(c2)CC(C)(C)[C@H]3NC(=O)O)cc1. The molecule has 2 aromatic rings. The fraction of sp³-hybridized carbons (Fsp3) is 0.409. The third-order valence-corrected chi connectivity index (χ3v) is 4.76. The highest BCUT2D eigenvalue weighted by Crippen LogP contribution is 2.46. The molecule has 1 atom stereocenters. The number of carbonyl (C=O) groups is 1. The molecule has 0 saturated carbocycles. The van der Waals surface area contributed by atoms with Gasteiger partial charge in [0.1, 0.15) is 11.4 Å². The molecule has 0 unspecified atom stereocenters. The number of benzene rings is 2. The summed E-state index contributed by atoms with van der Waals surface area (Å²) in [5.74, 6) is 0.856. The van der Waals surface area contributed by atoms with Crippen LogP contribution in [0.1, 0.15) is 51.8 Å². The van der Waals surface area contributed by atoms with Crippen LogP contribution in [-0.4, -0.2) is 16.8 Å². The molecular weight excluding hydrogens is 326 g/mol. The second-order valence-corrected chi connectivity index (χ2v) is 8.70. The Morgan fingerprint density at radius 1 is 1.12 bits per heavy atom. The molecule has 0 radical (unpaired) electrons. The third-order valence-electron chi connectivity index (χ3n) is 4.76. The maximum atomic E-state index is 11.1. The molecule has 1 aliphatic rings. The van der Waals surface area contributed by atoms with Gasteiger partial charge in [0.15, 0.2) is 0 Å². The first kappa shape index (κ1) is 18.3. The molecule has 3 rings (SSSR count). The quantitative estimate of drug-likeness (QED) is 0.774. The number of amides is 1. The van der Waals surface area contributed by atoms with Crippen LogP contribution in [0.15, 0.2) is 42.5 Å². The predicted molar refractivity (Wildman–Crippen MR) is 104 cm³/mol. The maximum absolute atomic E-state index is 11.1. The van der Waals surface area contributed by atoms with Gasteiger partial charge in [-0.2, -0.15) is 0 Å². The second kappa shape index (κ2) is 6.35. The number of rotatable bonds is 3. The number of hydrogen-bond donors (Lipinski definition) is 2. The van der Waals surface area contributed by atoms with Crippen molar-refractivity contribution < 1.29 is 14.6 Å². The summed E-state index contributed by atoms with van der Waals surface area (Å²) in [5.41, 5.74) is 4.20. The number of hydrogen-bond acceptors (Lipinski definition) is 2. The Hall–Kier alpha value is -2.49. The zero-order chi connectivity index (χ0) is 19.1. The van der Waals surface area contributed by atoms with E-state index in [0.29, 0.717) is 0 Å². The van der Waals surface area contributed by atoms with Crippen molar-refractivity contribution in [2.45, 2.75) is 52.7 Å². The van der Waals surface area contributed by atoms with Gasteiger partial charge in [-0.25, -0.2) is 4.79 Å². The van der Waals surface area contributed by atoms with Crippen LogP contribution in [0.2, 0.25) is 0 Å². The molecule has 0 spiro atoms. The maximum Gasteiger partial charge on any atom is 0.405 e. The van der Waals surface area contributed by atoms with Gasteiger partial charge in [-0.05, 0) is 67.0 Å². The highest BCUT2D eigenvalue weighted by molar-refractivity contribution is 5.69. The zero-order valence-corrected chi connectivity index (χ0v) is 16.1.